The summed E-state index contributed by atoms with van der Waals surface area (Å²) in [6.45, 7) is 6.83. The van der Waals surface area contributed by atoms with Gasteiger partial charge >= 0.3 is 0 Å². The molecule has 2 heteroatoms. The Hall–Kier alpha value is -0.530. The van der Waals surface area contributed by atoms with Gasteiger partial charge in [-0.15, -0.1) is 0 Å². The molecule has 0 N–H and O–H groups in total. The number of likely N-dealkylation sites (tertiary alicyclic amines) is 1. The molecule has 0 spiro atoms. The van der Waals surface area contributed by atoms with Crippen molar-refractivity contribution in [3.63, 3.8) is 0 Å². The van der Waals surface area contributed by atoms with Crippen molar-refractivity contribution in [1.29, 1.82) is 0 Å². The molecule has 1 aliphatic rings. The first-order valence-corrected chi connectivity index (χ1v) is 5.16. The minimum absolute atomic E-state index is 0.240. The van der Waals surface area contributed by atoms with Crippen molar-refractivity contribution >= 4 is 0 Å². The lowest BCUT2D eigenvalue weighted by atomic mass is 9.91. The van der Waals surface area contributed by atoms with Crippen LogP contribution in [0.3, 0.4) is 0 Å². The Morgan fingerprint density at radius 1 is 1.54 bits per heavy atom. The van der Waals surface area contributed by atoms with Crippen LogP contribution in [0.5, 0.6) is 0 Å². The molecule has 0 aliphatic carbocycles. The van der Waals surface area contributed by atoms with Gasteiger partial charge in [-0.25, -0.2) is 4.39 Å². The largest absolute Gasteiger partial charge is 0.370 e. The van der Waals surface area contributed by atoms with E-state index < -0.39 is 0 Å². The Kier molecular flexibility index (Phi) is 3.76. The Labute approximate surface area is 80.6 Å². The van der Waals surface area contributed by atoms with Crippen LogP contribution in [0.2, 0.25) is 0 Å². The van der Waals surface area contributed by atoms with Gasteiger partial charge in [-0.1, -0.05) is 13.0 Å². The Morgan fingerprint density at radius 2 is 2.23 bits per heavy atom. The van der Waals surface area contributed by atoms with Gasteiger partial charge in [0, 0.05) is 18.3 Å². The van der Waals surface area contributed by atoms with Crippen molar-refractivity contribution in [3.8, 4) is 0 Å². The van der Waals surface area contributed by atoms with Crippen LogP contribution >= 0.6 is 0 Å². The number of piperidine rings is 1. The molecule has 1 rings (SSSR count). The van der Waals surface area contributed by atoms with Gasteiger partial charge in [0.05, 0.1) is 0 Å². The molecule has 0 aromatic rings. The van der Waals surface area contributed by atoms with Crippen LogP contribution in [0.15, 0.2) is 11.8 Å². The summed E-state index contributed by atoms with van der Waals surface area (Å²) in [5.41, 5.74) is 1.32. The van der Waals surface area contributed by atoms with Gasteiger partial charge in [0.1, 0.15) is 6.67 Å². The Balaban J connectivity index is 2.66. The SMILES string of the molecule is C/C=C1/CC(C)CC(C)N1CCF. The quantitative estimate of drug-likeness (QED) is 0.639. The summed E-state index contributed by atoms with van der Waals surface area (Å²) >= 11 is 0. The van der Waals surface area contributed by atoms with E-state index in [2.05, 4.69) is 24.8 Å². The van der Waals surface area contributed by atoms with Gasteiger partial charge in [0.2, 0.25) is 0 Å². The first-order valence-electron chi connectivity index (χ1n) is 5.16. The van der Waals surface area contributed by atoms with E-state index in [1.165, 1.54) is 12.1 Å². The van der Waals surface area contributed by atoms with E-state index in [1.54, 1.807) is 0 Å². The lowest BCUT2D eigenvalue weighted by molar-refractivity contribution is 0.168. The average molecular weight is 185 g/mol. The van der Waals surface area contributed by atoms with Crippen LogP contribution in [0.4, 0.5) is 4.39 Å². The zero-order valence-electron chi connectivity index (χ0n) is 8.89. The summed E-state index contributed by atoms with van der Waals surface area (Å²) in [5.74, 6) is 0.747. The third kappa shape index (κ3) is 2.45. The molecule has 1 saturated heterocycles. The van der Waals surface area contributed by atoms with Crippen molar-refractivity contribution < 1.29 is 4.39 Å². The minimum atomic E-state index is -0.240. The molecule has 1 nitrogen and oxygen atoms in total. The molecule has 0 amide bonds. The van der Waals surface area contributed by atoms with Crippen LogP contribution in [0, 0.1) is 5.92 Å². The summed E-state index contributed by atoms with van der Waals surface area (Å²) in [7, 11) is 0. The highest BCUT2D eigenvalue weighted by Gasteiger charge is 2.24. The highest BCUT2D eigenvalue weighted by Crippen LogP contribution is 2.29. The first-order chi connectivity index (χ1) is 6.19. The number of nitrogens with zero attached hydrogens (tertiary/aromatic N) is 1. The Morgan fingerprint density at radius 3 is 2.77 bits per heavy atom. The molecular formula is C11H20FN. The van der Waals surface area contributed by atoms with Crippen LogP contribution in [0.1, 0.15) is 33.6 Å². The third-order valence-corrected chi connectivity index (χ3v) is 2.86. The van der Waals surface area contributed by atoms with Gasteiger partial charge in [0.15, 0.2) is 0 Å². The monoisotopic (exact) mass is 185 g/mol. The van der Waals surface area contributed by atoms with Gasteiger partial charge < -0.3 is 4.90 Å². The van der Waals surface area contributed by atoms with Crippen LogP contribution in [0.25, 0.3) is 0 Å². The van der Waals surface area contributed by atoms with Gasteiger partial charge in [0.25, 0.3) is 0 Å². The summed E-state index contributed by atoms with van der Waals surface area (Å²) in [6, 6.07) is 0.505. The number of allylic oxidation sites excluding steroid dienone is 2. The zero-order chi connectivity index (χ0) is 9.84. The van der Waals surface area contributed by atoms with Crippen molar-refractivity contribution in [3.05, 3.63) is 11.8 Å². The van der Waals surface area contributed by atoms with Crippen molar-refractivity contribution in [2.45, 2.75) is 39.7 Å². The molecule has 0 aromatic carbocycles. The first kappa shape index (κ1) is 10.6. The van der Waals surface area contributed by atoms with E-state index in [9.17, 15) is 4.39 Å². The normalized spacial score (nSPS) is 32.6. The highest BCUT2D eigenvalue weighted by atomic mass is 19.1. The van der Waals surface area contributed by atoms with E-state index in [0.29, 0.717) is 12.6 Å². The standard InChI is InChI=1S/C11H20FN/c1-4-11-8-9(2)7-10(3)13(11)6-5-12/h4,9-10H,5-8H2,1-3H3/b11-4-. The highest BCUT2D eigenvalue weighted by molar-refractivity contribution is 5.06. The number of halogens is 1. The molecule has 0 aromatic heterocycles. The van der Waals surface area contributed by atoms with E-state index >= 15 is 0 Å². The molecule has 0 radical (unpaired) electrons. The molecule has 1 fully saturated rings. The van der Waals surface area contributed by atoms with Crippen molar-refractivity contribution in [1.82, 2.24) is 4.90 Å². The van der Waals surface area contributed by atoms with E-state index in [0.717, 1.165) is 12.3 Å². The van der Waals surface area contributed by atoms with Crippen LogP contribution in [-0.2, 0) is 0 Å². The molecule has 0 bridgehead atoms. The second-order valence-electron chi connectivity index (χ2n) is 4.06. The predicted molar refractivity (Wildman–Crippen MR) is 54.3 cm³/mol. The molecular weight excluding hydrogens is 165 g/mol. The summed E-state index contributed by atoms with van der Waals surface area (Å²) in [6.07, 6.45) is 4.43. The number of hydrogen-bond donors (Lipinski definition) is 0. The smallest absolute Gasteiger partial charge is 0.107 e. The minimum Gasteiger partial charge on any atom is -0.370 e. The van der Waals surface area contributed by atoms with Crippen LogP contribution < -0.4 is 0 Å². The predicted octanol–water partition coefficient (Wildman–Crippen LogP) is 2.98. The molecule has 76 valence electrons. The second-order valence-corrected chi connectivity index (χ2v) is 4.06. The number of alkyl halides is 1. The molecule has 0 saturated carbocycles. The Bertz CT molecular complexity index is 189. The topological polar surface area (TPSA) is 3.24 Å². The maximum Gasteiger partial charge on any atom is 0.107 e. The second kappa shape index (κ2) is 4.64. The third-order valence-electron chi connectivity index (χ3n) is 2.86. The van der Waals surface area contributed by atoms with E-state index in [4.69, 9.17) is 0 Å². The fraction of sp³-hybridized carbons (Fsp3) is 0.818. The average Bonchev–Trinajstić information content (AvgIpc) is 2.09. The maximum atomic E-state index is 12.3. The van der Waals surface area contributed by atoms with Gasteiger partial charge in [-0.2, -0.15) is 0 Å². The molecule has 1 heterocycles. The lowest BCUT2D eigenvalue weighted by Crippen LogP contribution is -2.39. The lowest BCUT2D eigenvalue weighted by Gasteiger charge is -2.40. The fourth-order valence-electron chi connectivity index (χ4n) is 2.29. The summed E-state index contributed by atoms with van der Waals surface area (Å²) < 4.78 is 12.3. The molecule has 2 atom stereocenters. The fourth-order valence-corrected chi connectivity index (χ4v) is 2.29. The van der Waals surface area contributed by atoms with E-state index in [1.807, 2.05) is 6.92 Å². The van der Waals surface area contributed by atoms with Gasteiger partial charge in [-0.3, -0.25) is 0 Å². The van der Waals surface area contributed by atoms with Gasteiger partial charge in [-0.05, 0) is 32.6 Å². The van der Waals surface area contributed by atoms with Crippen molar-refractivity contribution in [2.75, 3.05) is 13.2 Å². The van der Waals surface area contributed by atoms with E-state index in [-0.39, 0.29) is 6.67 Å². The molecule has 13 heavy (non-hydrogen) atoms. The summed E-state index contributed by atoms with van der Waals surface area (Å²) in [5, 5.41) is 0. The zero-order valence-corrected chi connectivity index (χ0v) is 8.89. The maximum absolute atomic E-state index is 12.3. The molecule has 2 unspecified atom stereocenters. The molecule has 1 aliphatic heterocycles. The van der Waals surface area contributed by atoms with Crippen LogP contribution in [-0.4, -0.2) is 24.2 Å². The number of rotatable bonds is 2. The summed E-state index contributed by atoms with van der Waals surface area (Å²) in [4.78, 5) is 2.21. The van der Waals surface area contributed by atoms with Crippen molar-refractivity contribution in [2.24, 2.45) is 5.92 Å². The number of hydrogen-bond acceptors (Lipinski definition) is 1.